The van der Waals surface area contributed by atoms with Crippen molar-refractivity contribution in [3.05, 3.63) is 24.3 Å². The first-order chi connectivity index (χ1) is 41.8. The van der Waals surface area contributed by atoms with E-state index in [9.17, 15) is 61.0 Å². The number of allylic oxidation sites excluding steroid dienone is 3. The summed E-state index contributed by atoms with van der Waals surface area (Å²) in [7, 11) is 0. The van der Waals surface area contributed by atoms with Gasteiger partial charge in [0.2, 0.25) is 5.91 Å². The molecule has 19 nitrogen and oxygen atoms in total. The Hall–Kier alpha value is -1.73. The number of unbranched alkanes of at least 4 members (excludes halogenated alkanes) is 35. The van der Waals surface area contributed by atoms with Crippen molar-refractivity contribution in [1.29, 1.82) is 0 Å². The molecule has 0 aromatic heterocycles. The Morgan fingerprint density at radius 1 is 0.407 bits per heavy atom. The van der Waals surface area contributed by atoms with Crippen LogP contribution in [0.3, 0.4) is 0 Å². The van der Waals surface area contributed by atoms with E-state index in [1.807, 2.05) is 6.08 Å². The first-order valence-electron chi connectivity index (χ1n) is 34.6. The molecule has 12 N–H and O–H groups in total. The van der Waals surface area contributed by atoms with Crippen LogP contribution in [0.25, 0.3) is 0 Å². The molecule has 86 heavy (non-hydrogen) atoms. The summed E-state index contributed by atoms with van der Waals surface area (Å²) in [5.74, 6) is -0.283. The summed E-state index contributed by atoms with van der Waals surface area (Å²) in [4.78, 5) is 13.3. The third kappa shape index (κ3) is 32.0. The van der Waals surface area contributed by atoms with Gasteiger partial charge in [-0.25, -0.2) is 0 Å². The van der Waals surface area contributed by atoms with E-state index >= 15 is 0 Å². The zero-order valence-electron chi connectivity index (χ0n) is 53.3. The molecule has 506 valence electrons. The van der Waals surface area contributed by atoms with E-state index in [1.54, 1.807) is 6.08 Å². The highest BCUT2D eigenvalue weighted by Gasteiger charge is 2.53. The minimum atomic E-state index is -1.98. The number of aliphatic hydroxyl groups excluding tert-OH is 11. The molecule has 3 aliphatic rings. The van der Waals surface area contributed by atoms with Gasteiger partial charge in [0.05, 0.1) is 38.6 Å². The van der Waals surface area contributed by atoms with Crippen molar-refractivity contribution in [2.75, 3.05) is 26.4 Å². The van der Waals surface area contributed by atoms with Gasteiger partial charge in [0.25, 0.3) is 0 Å². The molecule has 0 aromatic rings. The number of rotatable bonds is 53. The Kier molecular flexibility index (Phi) is 45.6. The highest BCUT2D eigenvalue weighted by Crippen LogP contribution is 2.33. The SMILES string of the molecule is CCCCCC/C=C\CCCCCCCC(=O)NC(COC1OC(CO)C(OC2OC(CO)C(OC3OC(CO)C(O)C(O)C3O)C(O)C2O)C(O)C1O)C(O)/C=C/CCCCCCCCCCCCCCCCCCCCCCCCCCCC. The highest BCUT2D eigenvalue weighted by atomic mass is 16.8. The van der Waals surface area contributed by atoms with Gasteiger partial charge in [-0.3, -0.25) is 4.79 Å². The smallest absolute Gasteiger partial charge is 0.220 e. The molecule has 19 heteroatoms. The van der Waals surface area contributed by atoms with Crippen LogP contribution < -0.4 is 5.32 Å². The maximum absolute atomic E-state index is 13.3. The van der Waals surface area contributed by atoms with Crippen LogP contribution in [0.2, 0.25) is 0 Å². The number of amides is 1. The van der Waals surface area contributed by atoms with Gasteiger partial charge in [-0.15, -0.1) is 0 Å². The van der Waals surface area contributed by atoms with E-state index < -0.39 is 124 Å². The lowest BCUT2D eigenvalue weighted by atomic mass is 9.96. The van der Waals surface area contributed by atoms with E-state index in [1.165, 1.54) is 173 Å². The number of nitrogens with one attached hydrogen (secondary N) is 1. The maximum Gasteiger partial charge on any atom is 0.220 e. The fraction of sp³-hybridized carbons (Fsp3) is 0.925. The number of carbonyl (C=O) groups excluding carboxylic acids is 1. The monoisotopic (exact) mass is 1230 g/mol. The fourth-order valence-electron chi connectivity index (χ4n) is 11.8. The summed E-state index contributed by atoms with van der Waals surface area (Å²) < 4.78 is 34.3. The minimum Gasteiger partial charge on any atom is -0.394 e. The van der Waals surface area contributed by atoms with Gasteiger partial charge >= 0.3 is 0 Å². The summed E-state index contributed by atoms with van der Waals surface area (Å²) in [5, 5.41) is 120. The van der Waals surface area contributed by atoms with Gasteiger partial charge in [0, 0.05) is 6.42 Å². The molecular weight excluding hydrogens is 1110 g/mol. The summed E-state index contributed by atoms with van der Waals surface area (Å²) in [6, 6.07) is -0.975. The molecule has 17 atom stereocenters. The second-order valence-electron chi connectivity index (χ2n) is 25.0. The fourth-order valence-corrected chi connectivity index (χ4v) is 11.8. The van der Waals surface area contributed by atoms with Crippen molar-refractivity contribution >= 4 is 5.91 Å². The molecule has 0 aliphatic carbocycles. The van der Waals surface area contributed by atoms with E-state index in [4.69, 9.17) is 28.4 Å². The van der Waals surface area contributed by atoms with Gasteiger partial charge in [-0.05, 0) is 44.9 Å². The van der Waals surface area contributed by atoms with E-state index in [2.05, 4.69) is 31.3 Å². The molecular formula is C67H125NO18. The molecule has 0 radical (unpaired) electrons. The number of ether oxygens (including phenoxy) is 6. The molecule has 1 amide bonds. The third-order valence-corrected chi connectivity index (χ3v) is 17.5. The Labute approximate surface area is 518 Å². The first-order valence-corrected chi connectivity index (χ1v) is 34.6. The minimum absolute atomic E-state index is 0.235. The second-order valence-corrected chi connectivity index (χ2v) is 25.0. The van der Waals surface area contributed by atoms with Gasteiger partial charge in [0.15, 0.2) is 18.9 Å². The highest BCUT2D eigenvalue weighted by molar-refractivity contribution is 5.76. The van der Waals surface area contributed by atoms with Gasteiger partial charge < -0.3 is 89.9 Å². The van der Waals surface area contributed by atoms with Crippen molar-refractivity contribution in [3.8, 4) is 0 Å². The van der Waals surface area contributed by atoms with Gasteiger partial charge in [-0.2, -0.15) is 0 Å². The predicted molar refractivity (Wildman–Crippen MR) is 333 cm³/mol. The lowest BCUT2D eigenvalue weighted by Crippen LogP contribution is -2.66. The largest absolute Gasteiger partial charge is 0.394 e. The zero-order valence-corrected chi connectivity index (χ0v) is 53.3. The van der Waals surface area contributed by atoms with E-state index in [0.29, 0.717) is 6.42 Å². The van der Waals surface area contributed by atoms with Crippen molar-refractivity contribution in [1.82, 2.24) is 5.32 Å². The molecule has 0 spiro atoms. The predicted octanol–water partition coefficient (Wildman–Crippen LogP) is 8.66. The van der Waals surface area contributed by atoms with Crippen molar-refractivity contribution < 1.29 is 89.4 Å². The lowest BCUT2D eigenvalue weighted by Gasteiger charge is -2.48. The summed E-state index contributed by atoms with van der Waals surface area (Å²) in [5.41, 5.74) is 0. The second kappa shape index (κ2) is 49.9. The van der Waals surface area contributed by atoms with Crippen molar-refractivity contribution in [3.63, 3.8) is 0 Å². The maximum atomic E-state index is 13.3. The lowest BCUT2D eigenvalue weighted by molar-refractivity contribution is -0.379. The molecule has 0 bridgehead atoms. The first kappa shape index (κ1) is 78.5. The van der Waals surface area contributed by atoms with Gasteiger partial charge in [-0.1, -0.05) is 237 Å². The summed E-state index contributed by atoms with van der Waals surface area (Å²) in [6.45, 7) is 1.73. The molecule has 3 heterocycles. The Bertz CT molecular complexity index is 1660. The van der Waals surface area contributed by atoms with Crippen molar-refractivity contribution in [2.45, 2.75) is 369 Å². The van der Waals surface area contributed by atoms with Crippen LogP contribution in [0.15, 0.2) is 24.3 Å². The van der Waals surface area contributed by atoms with Crippen LogP contribution in [0.1, 0.15) is 264 Å². The van der Waals surface area contributed by atoms with E-state index in [-0.39, 0.29) is 18.9 Å². The molecule has 0 aromatic carbocycles. The summed E-state index contributed by atoms with van der Waals surface area (Å²) >= 11 is 0. The standard InChI is InChI=1S/C67H125NO18/c1-3-5-7-9-11-13-15-17-18-19-20-21-22-23-24-25-26-27-28-29-30-31-33-34-36-38-40-42-44-51(72)50(68-55(73)45-43-41-39-37-35-32-16-14-12-10-8-6-4-2)49-81-65-61(79)58(76)63(53(47-70)83-65)86-67-62(80)59(77)64(54(48-71)84-67)85-66-60(78)57(75)56(74)52(46-69)82-66/h14,16,42,44,50-54,56-67,69-72,74-80H,3-13,15,17-41,43,45-49H2,1-2H3,(H,68,73)/b16-14-,44-42+. The molecule has 3 fully saturated rings. The van der Waals surface area contributed by atoms with Crippen LogP contribution in [0.4, 0.5) is 0 Å². The van der Waals surface area contributed by atoms with Crippen LogP contribution in [0, 0.1) is 0 Å². The Morgan fingerprint density at radius 2 is 0.733 bits per heavy atom. The van der Waals surface area contributed by atoms with E-state index in [0.717, 1.165) is 64.2 Å². The number of hydrogen-bond donors (Lipinski definition) is 12. The summed E-state index contributed by atoms with van der Waals surface area (Å²) in [6.07, 6.45) is 28.9. The van der Waals surface area contributed by atoms with Crippen molar-refractivity contribution in [2.24, 2.45) is 0 Å². The normalized spacial score (nSPS) is 28.9. The number of aliphatic hydroxyl groups is 11. The van der Waals surface area contributed by atoms with Crippen LogP contribution >= 0.6 is 0 Å². The van der Waals surface area contributed by atoms with Gasteiger partial charge in [0.1, 0.15) is 73.2 Å². The third-order valence-electron chi connectivity index (χ3n) is 17.5. The quantitative estimate of drug-likeness (QED) is 0.0200. The number of hydrogen-bond acceptors (Lipinski definition) is 18. The Balaban J connectivity index is 1.41. The zero-order chi connectivity index (χ0) is 62.6. The average Bonchev–Trinajstić information content (AvgIpc) is 2.26. The van der Waals surface area contributed by atoms with Crippen LogP contribution in [-0.2, 0) is 33.2 Å². The Morgan fingerprint density at radius 3 is 1.14 bits per heavy atom. The molecule has 3 saturated heterocycles. The van der Waals surface area contributed by atoms with Crippen LogP contribution in [0.5, 0.6) is 0 Å². The number of carbonyl (C=O) groups is 1. The molecule has 0 saturated carbocycles. The molecule has 3 aliphatic heterocycles. The van der Waals surface area contributed by atoms with Crippen LogP contribution in [-0.4, -0.2) is 193 Å². The molecule has 17 unspecified atom stereocenters. The molecule has 3 rings (SSSR count). The topological polar surface area (TPSA) is 307 Å². The average molecular weight is 1230 g/mol.